The van der Waals surface area contributed by atoms with Crippen molar-refractivity contribution in [1.29, 1.82) is 0 Å². The van der Waals surface area contributed by atoms with Gasteiger partial charge in [-0.05, 0) is 55.0 Å². The van der Waals surface area contributed by atoms with E-state index in [1.807, 2.05) is 24.3 Å². The number of anilines is 2. The number of carbonyl (C=O) groups is 1. The zero-order chi connectivity index (χ0) is 23.3. The maximum atomic E-state index is 12.7. The third-order valence-corrected chi connectivity index (χ3v) is 6.97. The highest BCUT2D eigenvalue weighted by Crippen LogP contribution is 2.24. The molecule has 172 valence electrons. The van der Waals surface area contributed by atoms with Gasteiger partial charge in [0.2, 0.25) is 0 Å². The number of ether oxygens (including phenoxy) is 1. The van der Waals surface area contributed by atoms with Gasteiger partial charge in [-0.25, -0.2) is 8.42 Å². The van der Waals surface area contributed by atoms with E-state index in [2.05, 4.69) is 21.8 Å². The minimum atomic E-state index is -3.71. The predicted molar refractivity (Wildman–Crippen MR) is 129 cm³/mol. The molecule has 0 radical (unpaired) electrons. The topological polar surface area (TPSA) is 78.9 Å². The van der Waals surface area contributed by atoms with E-state index in [-0.39, 0.29) is 17.4 Å². The zero-order valence-electron chi connectivity index (χ0n) is 18.5. The molecule has 1 saturated heterocycles. The fraction of sp³-hybridized carbons (Fsp3) is 0.240. The average molecular weight is 466 g/mol. The summed E-state index contributed by atoms with van der Waals surface area (Å²) in [4.78, 5) is 16.8. The van der Waals surface area contributed by atoms with Crippen LogP contribution < -0.4 is 14.4 Å². The van der Waals surface area contributed by atoms with Crippen LogP contribution in [0.2, 0.25) is 0 Å². The number of hydrogen-bond donors (Lipinski definition) is 1. The largest absolute Gasteiger partial charge is 0.483 e. The minimum Gasteiger partial charge on any atom is -0.483 e. The van der Waals surface area contributed by atoms with Crippen LogP contribution in [0.25, 0.3) is 0 Å². The maximum absolute atomic E-state index is 12.7. The van der Waals surface area contributed by atoms with Gasteiger partial charge in [0.25, 0.3) is 15.9 Å². The lowest BCUT2D eigenvalue weighted by atomic mass is 10.2. The number of amides is 1. The summed E-state index contributed by atoms with van der Waals surface area (Å²) in [6.45, 7) is 4.50. The van der Waals surface area contributed by atoms with E-state index in [0.29, 0.717) is 30.1 Å². The highest BCUT2D eigenvalue weighted by molar-refractivity contribution is 7.92. The van der Waals surface area contributed by atoms with Crippen molar-refractivity contribution >= 4 is 27.3 Å². The van der Waals surface area contributed by atoms with E-state index in [1.54, 1.807) is 48.2 Å². The number of sulfonamides is 1. The third kappa shape index (κ3) is 5.64. The molecule has 3 aromatic carbocycles. The van der Waals surface area contributed by atoms with Gasteiger partial charge in [-0.3, -0.25) is 9.52 Å². The molecule has 8 heteroatoms. The molecule has 0 bridgehead atoms. The second-order valence-electron chi connectivity index (χ2n) is 7.89. The first kappa shape index (κ1) is 22.7. The number of para-hydroxylation sites is 2. The number of aryl methyl sites for hydroxylation is 1. The Hall–Kier alpha value is -3.52. The Morgan fingerprint density at radius 2 is 1.55 bits per heavy atom. The van der Waals surface area contributed by atoms with Crippen molar-refractivity contribution in [3.05, 3.63) is 84.4 Å². The summed E-state index contributed by atoms with van der Waals surface area (Å²) in [7, 11) is -3.71. The summed E-state index contributed by atoms with van der Waals surface area (Å²) < 4.78 is 33.6. The van der Waals surface area contributed by atoms with Crippen LogP contribution in [0.15, 0.2) is 83.8 Å². The molecule has 3 aromatic rings. The number of nitrogens with zero attached hydrogens (tertiary/aromatic N) is 2. The molecule has 0 aliphatic carbocycles. The fourth-order valence-corrected chi connectivity index (χ4v) is 4.90. The van der Waals surface area contributed by atoms with Crippen molar-refractivity contribution in [1.82, 2.24) is 4.90 Å². The Bertz CT molecular complexity index is 1190. The molecule has 0 spiro atoms. The number of hydrogen-bond acceptors (Lipinski definition) is 5. The highest BCUT2D eigenvalue weighted by Gasteiger charge is 2.22. The molecule has 0 saturated carbocycles. The van der Waals surface area contributed by atoms with E-state index in [1.165, 1.54) is 6.07 Å². The predicted octanol–water partition coefficient (Wildman–Crippen LogP) is 3.52. The van der Waals surface area contributed by atoms with Gasteiger partial charge in [0.05, 0.1) is 4.90 Å². The van der Waals surface area contributed by atoms with E-state index in [9.17, 15) is 13.2 Å². The average Bonchev–Trinajstić information content (AvgIpc) is 2.84. The Labute approximate surface area is 194 Å². The normalized spacial score (nSPS) is 14.1. The van der Waals surface area contributed by atoms with E-state index in [0.717, 1.165) is 18.8 Å². The quantitative estimate of drug-likeness (QED) is 0.578. The van der Waals surface area contributed by atoms with Crippen molar-refractivity contribution < 1.29 is 17.9 Å². The molecular weight excluding hydrogens is 438 g/mol. The Morgan fingerprint density at radius 3 is 2.18 bits per heavy atom. The Morgan fingerprint density at radius 1 is 0.909 bits per heavy atom. The molecule has 1 heterocycles. The Balaban J connectivity index is 1.32. The minimum absolute atomic E-state index is 0.0791. The number of nitrogens with one attached hydrogen (secondary N) is 1. The summed E-state index contributed by atoms with van der Waals surface area (Å²) in [6.07, 6.45) is 0. The standard InChI is InChI=1S/C25H27N3O4S/c1-20-18-23(33(30,31)26-21-8-4-2-5-9-21)12-13-24(20)32-19-25(29)28-16-14-27(15-17-28)22-10-6-3-7-11-22/h2-13,18,26H,14-17,19H2,1H3. The first-order valence-electron chi connectivity index (χ1n) is 10.8. The first-order valence-corrected chi connectivity index (χ1v) is 12.3. The summed E-state index contributed by atoms with van der Waals surface area (Å²) >= 11 is 0. The summed E-state index contributed by atoms with van der Waals surface area (Å²) in [5, 5.41) is 0. The van der Waals surface area contributed by atoms with Gasteiger partial charge in [-0.1, -0.05) is 36.4 Å². The van der Waals surface area contributed by atoms with Gasteiger partial charge < -0.3 is 14.5 Å². The molecule has 1 fully saturated rings. The second kappa shape index (κ2) is 9.95. The van der Waals surface area contributed by atoms with Gasteiger partial charge >= 0.3 is 0 Å². The summed E-state index contributed by atoms with van der Waals surface area (Å²) in [5.41, 5.74) is 2.30. The Kier molecular flexibility index (Phi) is 6.84. The monoisotopic (exact) mass is 465 g/mol. The van der Waals surface area contributed by atoms with Crippen LogP contribution in [-0.2, 0) is 14.8 Å². The summed E-state index contributed by atoms with van der Waals surface area (Å²) in [6, 6.07) is 23.5. The van der Waals surface area contributed by atoms with E-state index in [4.69, 9.17) is 4.74 Å². The van der Waals surface area contributed by atoms with Crippen LogP contribution in [-0.4, -0.2) is 52.0 Å². The summed E-state index contributed by atoms with van der Waals surface area (Å²) in [5.74, 6) is 0.412. The van der Waals surface area contributed by atoms with Gasteiger partial charge in [-0.2, -0.15) is 0 Å². The maximum Gasteiger partial charge on any atom is 0.261 e. The third-order valence-electron chi connectivity index (χ3n) is 5.59. The van der Waals surface area contributed by atoms with Crippen molar-refractivity contribution in [3.63, 3.8) is 0 Å². The molecule has 0 unspecified atom stereocenters. The molecule has 33 heavy (non-hydrogen) atoms. The number of rotatable bonds is 7. The molecule has 1 aliphatic heterocycles. The van der Waals surface area contributed by atoms with Crippen LogP contribution in [0.1, 0.15) is 5.56 Å². The first-order chi connectivity index (χ1) is 15.9. The molecule has 4 rings (SSSR count). The van der Waals surface area contributed by atoms with E-state index < -0.39 is 10.0 Å². The lowest BCUT2D eigenvalue weighted by Gasteiger charge is -2.36. The smallest absolute Gasteiger partial charge is 0.261 e. The number of benzene rings is 3. The lowest BCUT2D eigenvalue weighted by Crippen LogP contribution is -2.50. The SMILES string of the molecule is Cc1cc(S(=O)(=O)Nc2ccccc2)ccc1OCC(=O)N1CCN(c2ccccc2)CC1. The van der Waals surface area contributed by atoms with Crippen LogP contribution in [0, 0.1) is 6.92 Å². The van der Waals surface area contributed by atoms with Crippen LogP contribution in [0.3, 0.4) is 0 Å². The fourth-order valence-electron chi connectivity index (χ4n) is 3.75. The van der Waals surface area contributed by atoms with Crippen molar-refractivity contribution in [2.75, 3.05) is 42.4 Å². The van der Waals surface area contributed by atoms with E-state index >= 15 is 0 Å². The molecule has 1 amide bonds. The number of carbonyl (C=O) groups excluding carboxylic acids is 1. The van der Waals surface area contributed by atoms with Crippen molar-refractivity contribution in [3.8, 4) is 5.75 Å². The number of piperazine rings is 1. The molecule has 0 aromatic heterocycles. The lowest BCUT2D eigenvalue weighted by molar-refractivity contribution is -0.133. The van der Waals surface area contributed by atoms with Crippen LogP contribution >= 0.6 is 0 Å². The van der Waals surface area contributed by atoms with Gasteiger partial charge in [-0.15, -0.1) is 0 Å². The molecule has 7 nitrogen and oxygen atoms in total. The molecule has 1 N–H and O–H groups in total. The van der Waals surface area contributed by atoms with Crippen molar-refractivity contribution in [2.45, 2.75) is 11.8 Å². The second-order valence-corrected chi connectivity index (χ2v) is 9.57. The van der Waals surface area contributed by atoms with Crippen LogP contribution in [0.5, 0.6) is 5.75 Å². The highest BCUT2D eigenvalue weighted by atomic mass is 32.2. The molecule has 1 aliphatic rings. The molecule has 0 atom stereocenters. The molecular formula is C25H27N3O4S. The van der Waals surface area contributed by atoms with Crippen LogP contribution in [0.4, 0.5) is 11.4 Å². The van der Waals surface area contributed by atoms with Gasteiger partial charge in [0.15, 0.2) is 6.61 Å². The zero-order valence-corrected chi connectivity index (χ0v) is 19.3. The van der Waals surface area contributed by atoms with Crippen molar-refractivity contribution in [2.24, 2.45) is 0 Å². The van der Waals surface area contributed by atoms with Gasteiger partial charge in [0.1, 0.15) is 5.75 Å². The van der Waals surface area contributed by atoms with Gasteiger partial charge in [0, 0.05) is 37.6 Å².